The lowest BCUT2D eigenvalue weighted by molar-refractivity contribution is -0.117. The Morgan fingerprint density at radius 1 is 1.30 bits per heavy atom. The highest BCUT2D eigenvalue weighted by molar-refractivity contribution is 5.97. The summed E-state index contributed by atoms with van der Waals surface area (Å²) in [6.45, 7) is 5.79. The number of halogens is 1. The third-order valence-corrected chi connectivity index (χ3v) is 2.82. The van der Waals surface area contributed by atoms with Gasteiger partial charge in [-0.2, -0.15) is 0 Å². The Kier molecular flexibility index (Phi) is 7.24. The van der Waals surface area contributed by atoms with Crippen LogP contribution in [0.15, 0.2) is 18.2 Å². The third kappa shape index (κ3) is 5.19. The summed E-state index contributed by atoms with van der Waals surface area (Å²) in [6, 6.07) is 4.42. The summed E-state index contributed by atoms with van der Waals surface area (Å²) in [5.41, 5.74) is 12.8. The molecule has 5 N–H and O–H groups in total. The number of carbonyl (C=O) groups excluding carboxylic acids is 2. The SMILES string of the molecule is Cc1cc(NC(=O)[C@@H](N)CC(C)C)ccc1C(N)=O.Cl. The second-order valence-corrected chi connectivity index (χ2v) is 5.12. The van der Waals surface area contributed by atoms with Gasteiger partial charge in [-0.3, -0.25) is 9.59 Å². The highest BCUT2D eigenvalue weighted by Crippen LogP contribution is 2.15. The number of nitrogens with one attached hydrogen (secondary N) is 1. The minimum absolute atomic E-state index is 0. The van der Waals surface area contributed by atoms with Gasteiger partial charge in [-0.1, -0.05) is 13.8 Å². The van der Waals surface area contributed by atoms with E-state index in [4.69, 9.17) is 11.5 Å². The summed E-state index contributed by atoms with van der Waals surface area (Å²) in [5, 5.41) is 2.74. The van der Waals surface area contributed by atoms with Crippen LogP contribution >= 0.6 is 12.4 Å². The van der Waals surface area contributed by atoms with Gasteiger partial charge in [0.2, 0.25) is 11.8 Å². The van der Waals surface area contributed by atoms with Crippen molar-refractivity contribution in [2.75, 3.05) is 5.32 Å². The first kappa shape index (κ1) is 18.4. The average Bonchev–Trinajstić information content (AvgIpc) is 2.27. The molecule has 0 heterocycles. The standard InChI is InChI=1S/C14H21N3O2.ClH/c1-8(2)6-12(15)14(19)17-10-4-5-11(13(16)18)9(3)7-10;/h4-5,7-8,12H,6,15H2,1-3H3,(H2,16,18)(H,17,19);1H/t12-;/m0./s1. The summed E-state index contributed by atoms with van der Waals surface area (Å²) in [4.78, 5) is 22.9. The zero-order valence-electron chi connectivity index (χ0n) is 12.0. The van der Waals surface area contributed by atoms with E-state index in [1.807, 2.05) is 13.8 Å². The molecule has 1 aromatic carbocycles. The Morgan fingerprint density at radius 3 is 2.35 bits per heavy atom. The highest BCUT2D eigenvalue weighted by atomic mass is 35.5. The number of benzene rings is 1. The van der Waals surface area contributed by atoms with Crippen molar-refractivity contribution in [2.45, 2.75) is 33.2 Å². The van der Waals surface area contributed by atoms with E-state index in [0.29, 0.717) is 23.6 Å². The first-order valence-electron chi connectivity index (χ1n) is 6.28. The predicted octanol–water partition coefficient (Wildman–Crippen LogP) is 1.83. The fraction of sp³-hybridized carbons (Fsp3) is 0.429. The van der Waals surface area contributed by atoms with E-state index in [0.717, 1.165) is 5.56 Å². The molecule has 0 radical (unpaired) electrons. The van der Waals surface area contributed by atoms with E-state index in [1.165, 1.54) is 0 Å². The Balaban J connectivity index is 0.00000361. The van der Waals surface area contributed by atoms with E-state index in [9.17, 15) is 9.59 Å². The molecule has 5 nitrogen and oxygen atoms in total. The Bertz CT molecular complexity index is 489. The van der Waals surface area contributed by atoms with E-state index in [2.05, 4.69) is 5.32 Å². The number of anilines is 1. The van der Waals surface area contributed by atoms with Gasteiger partial charge in [0.1, 0.15) is 0 Å². The largest absolute Gasteiger partial charge is 0.366 e. The molecule has 0 unspecified atom stereocenters. The quantitative estimate of drug-likeness (QED) is 0.773. The molecule has 0 aliphatic carbocycles. The maximum atomic E-state index is 11.9. The van der Waals surface area contributed by atoms with Gasteiger partial charge < -0.3 is 16.8 Å². The maximum absolute atomic E-state index is 11.9. The smallest absolute Gasteiger partial charge is 0.248 e. The van der Waals surface area contributed by atoms with Crippen LogP contribution in [0.1, 0.15) is 36.2 Å². The molecule has 0 aliphatic rings. The zero-order chi connectivity index (χ0) is 14.6. The summed E-state index contributed by atoms with van der Waals surface area (Å²) in [7, 11) is 0. The summed E-state index contributed by atoms with van der Waals surface area (Å²) < 4.78 is 0. The number of primary amides is 1. The van der Waals surface area contributed by atoms with Crippen molar-refractivity contribution < 1.29 is 9.59 Å². The van der Waals surface area contributed by atoms with E-state index in [1.54, 1.807) is 25.1 Å². The van der Waals surface area contributed by atoms with Gasteiger partial charge >= 0.3 is 0 Å². The van der Waals surface area contributed by atoms with Crippen LogP contribution in [0.5, 0.6) is 0 Å². The summed E-state index contributed by atoms with van der Waals surface area (Å²) in [5.74, 6) is -0.341. The molecule has 0 bridgehead atoms. The van der Waals surface area contributed by atoms with Gasteiger partial charge in [-0.05, 0) is 43.0 Å². The number of aryl methyl sites for hydroxylation is 1. The lowest BCUT2D eigenvalue weighted by Crippen LogP contribution is -2.36. The van der Waals surface area contributed by atoms with Crippen LogP contribution in [0.2, 0.25) is 0 Å². The average molecular weight is 300 g/mol. The highest BCUT2D eigenvalue weighted by Gasteiger charge is 2.15. The van der Waals surface area contributed by atoms with E-state index >= 15 is 0 Å². The molecule has 20 heavy (non-hydrogen) atoms. The fourth-order valence-electron chi connectivity index (χ4n) is 1.87. The Hall–Kier alpha value is -1.59. The molecule has 0 fully saturated rings. The maximum Gasteiger partial charge on any atom is 0.248 e. The van der Waals surface area contributed by atoms with E-state index in [-0.39, 0.29) is 18.3 Å². The normalized spacial score (nSPS) is 11.7. The molecule has 0 spiro atoms. The molecule has 0 saturated heterocycles. The van der Waals surface area contributed by atoms with Crippen molar-refractivity contribution in [3.63, 3.8) is 0 Å². The molecule has 0 saturated carbocycles. The molecule has 1 aromatic rings. The first-order chi connectivity index (χ1) is 8.81. The minimum Gasteiger partial charge on any atom is -0.366 e. The van der Waals surface area contributed by atoms with Gasteiger partial charge in [-0.25, -0.2) is 0 Å². The van der Waals surface area contributed by atoms with Crippen LogP contribution in [-0.4, -0.2) is 17.9 Å². The van der Waals surface area contributed by atoms with Crippen LogP contribution in [-0.2, 0) is 4.79 Å². The van der Waals surface area contributed by atoms with Crippen molar-refractivity contribution in [2.24, 2.45) is 17.4 Å². The number of hydrogen-bond donors (Lipinski definition) is 3. The monoisotopic (exact) mass is 299 g/mol. The molecule has 112 valence electrons. The fourth-order valence-corrected chi connectivity index (χ4v) is 1.87. The van der Waals surface area contributed by atoms with Gasteiger partial charge in [0, 0.05) is 11.3 Å². The number of nitrogens with two attached hydrogens (primary N) is 2. The lowest BCUT2D eigenvalue weighted by Gasteiger charge is -2.14. The number of carbonyl (C=O) groups is 2. The van der Waals surface area contributed by atoms with Gasteiger partial charge in [-0.15, -0.1) is 12.4 Å². The second-order valence-electron chi connectivity index (χ2n) is 5.12. The minimum atomic E-state index is -0.531. The van der Waals surface area contributed by atoms with Crippen molar-refractivity contribution in [1.82, 2.24) is 0 Å². The van der Waals surface area contributed by atoms with Crippen LogP contribution in [0.25, 0.3) is 0 Å². The molecule has 0 aliphatic heterocycles. The molecule has 6 heteroatoms. The van der Waals surface area contributed by atoms with Gasteiger partial charge in [0.25, 0.3) is 0 Å². The molecule has 1 atom stereocenters. The van der Waals surface area contributed by atoms with Gasteiger partial charge in [0.15, 0.2) is 0 Å². The predicted molar refractivity (Wildman–Crippen MR) is 83.0 cm³/mol. The van der Waals surface area contributed by atoms with Crippen LogP contribution in [0.3, 0.4) is 0 Å². The summed E-state index contributed by atoms with van der Waals surface area (Å²) in [6.07, 6.45) is 0.629. The van der Waals surface area contributed by atoms with Gasteiger partial charge in [0.05, 0.1) is 6.04 Å². The number of hydrogen-bond acceptors (Lipinski definition) is 3. The second kappa shape index (κ2) is 7.87. The third-order valence-electron chi connectivity index (χ3n) is 2.82. The van der Waals surface area contributed by atoms with Crippen molar-refractivity contribution >= 4 is 29.9 Å². The topological polar surface area (TPSA) is 98.2 Å². The van der Waals surface area contributed by atoms with Crippen molar-refractivity contribution in [3.8, 4) is 0 Å². The molecule has 1 rings (SSSR count). The zero-order valence-corrected chi connectivity index (χ0v) is 12.8. The molecular weight excluding hydrogens is 278 g/mol. The van der Waals surface area contributed by atoms with Crippen molar-refractivity contribution in [3.05, 3.63) is 29.3 Å². The van der Waals surface area contributed by atoms with Crippen LogP contribution in [0.4, 0.5) is 5.69 Å². The van der Waals surface area contributed by atoms with Crippen molar-refractivity contribution in [1.29, 1.82) is 0 Å². The molecule has 0 aromatic heterocycles. The van der Waals surface area contributed by atoms with E-state index < -0.39 is 11.9 Å². The molecule has 2 amide bonds. The summed E-state index contributed by atoms with van der Waals surface area (Å²) >= 11 is 0. The Morgan fingerprint density at radius 2 is 1.90 bits per heavy atom. The van der Waals surface area contributed by atoms with Crippen LogP contribution in [0, 0.1) is 12.8 Å². The number of rotatable bonds is 5. The molecular formula is C14H22ClN3O2. The number of amides is 2. The lowest BCUT2D eigenvalue weighted by atomic mass is 10.0. The Labute approximate surface area is 125 Å². The first-order valence-corrected chi connectivity index (χ1v) is 6.28. The van der Waals surface area contributed by atoms with Crippen LogP contribution < -0.4 is 16.8 Å².